The Hall–Kier alpha value is -3.28. The van der Waals surface area contributed by atoms with Crippen molar-refractivity contribution in [2.75, 3.05) is 0 Å². The van der Waals surface area contributed by atoms with Crippen LogP contribution in [0.15, 0.2) is 72.8 Å². The summed E-state index contributed by atoms with van der Waals surface area (Å²) in [7, 11) is 0. The first-order valence-electron chi connectivity index (χ1n) is 8.81. The van der Waals surface area contributed by atoms with E-state index < -0.39 is 0 Å². The molecule has 2 heterocycles. The number of carbonyl (C=O) groups is 1. The van der Waals surface area contributed by atoms with Gasteiger partial charge in [0.15, 0.2) is 11.4 Å². The zero-order valence-corrected chi connectivity index (χ0v) is 16.4. The van der Waals surface area contributed by atoms with Gasteiger partial charge < -0.3 is 0 Å². The van der Waals surface area contributed by atoms with Crippen LogP contribution in [0.1, 0.15) is 15.9 Å². The van der Waals surface area contributed by atoms with Gasteiger partial charge in [-0.2, -0.15) is 4.52 Å². The molecule has 5 nitrogen and oxygen atoms in total. The topological polar surface area (TPSA) is 60.2 Å². The maximum Gasteiger partial charge on any atom is 0.193 e. The maximum absolute atomic E-state index is 13.0. The van der Waals surface area contributed by atoms with Crippen LogP contribution in [0.3, 0.4) is 0 Å². The van der Waals surface area contributed by atoms with E-state index in [2.05, 4.69) is 15.5 Å². The third kappa shape index (κ3) is 3.14. The zero-order chi connectivity index (χ0) is 20.0. The van der Waals surface area contributed by atoms with Gasteiger partial charge in [-0.25, -0.2) is 0 Å². The molecule has 0 bridgehead atoms. The summed E-state index contributed by atoms with van der Waals surface area (Å²) in [6, 6.07) is 21.8. The van der Waals surface area contributed by atoms with E-state index >= 15 is 0 Å². The molecule has 5 aromatic rings. The highest BCUT2D eigenvalue weighted by Crippen LogP contribution is 2.32. The molecular formula is C22H12Cl2N4O. The lowest BCUT2D eigenvalue weighted by molar-refractivity contribution is 0.103. The molecule has 3 aromatic carbocycles. The van der Waals surface area contributed by atoms with Crippen molar-refractivity contribution in [1.29, 1.82) is 0 Å². The van der Waals surface area contributed by atoms with E-state index in [1.54, 1.807) is 34.8 Å². The van der Waals surface area contributed by atoms with Crippen molar-refractivity contribution < 1.29 is 4.79 Å². The van der Waals surface area contributed by atoms with Crippen molar-refractivity contribution in [3.63, 3.8) is 0 Å². The highest BCUT2D eigenvalue weighted by molar-refractivity contribution is 6.31. The number of hydrogen-bond acceptors (Lipinski definition) is 4. The summed E-state index contributed by atoms with van der Waals surface area (Å²) in [4.78, 5) is 13.0. The Bertz CT molecular complexity index is 1390. The lowest BCUT2D eigenvalue weighted by atomic mass is 9.96. The number of fused-ring (bicyclic) bond motifs is 3. The Morgan fingerprint density at radius 3 is 2.41 bits per heavy atom. The van der Waals surface area contributed by atoms with Crippen LogP contribution >= 0.6 is 23.2 Å². The molecule has 0 amide bonds. The average molecular weight is 419 g/mol. The molecule has 0 unspecified atom stereocenters. The quantitative estimate of drug-likeness (QED) is 0.363. The Kier molecular flexibility index (Phi) is 4.27. The fraction of sp³-hybridized carbons (Fsp3) is 0. The molecule has 0 N–H and O–H groups in total. The van der Waals surface area contributed by atoms with Gasteiger partial charge in [0.1, 0.15) is 0 Å². The summed E-state index contributed by atoms with van der Waals surface area (Å²) in [6.07, 6.45) is 0. The predicted octanol–water partition coefficient (Wildman–Crippen LogP) is 5.48. The zero-order valence-electron chi connectivity index (χ0n) is 14.9. The number of pyridine rings is 1. The van der Waals surface area contributed by atoms with E-state index in [9.17, 15) is 4.79 Å². The Labute approximate surface area is 175 Å². The third-order valence-electron chi connectivity index (χ3n) is 4.79. The van der Waals surface area contributed by atoms with Gasteiger partial charge in [0.25, 0.3) is 0 Å². The van der Waals surface area contributed by atoms with Gasteiger partial charge in [0, 0.05) is 26.6 Å². The van der Waals surface area contributed by atoms with Crippen molar-refractivity contribution in [1.82, 2.24) is 20.0 Å². The van der Waals surface area contributed by atoms with Crippen molar-refractivity contribution in [2.24, 2.45) is 0 Å². The van der Waals surface area contributed by atoms with Gasteiger partial charge in [0.2, 0.25) is 0 Å². The number of nitrogens with zero attached hydrogens (tertiary/aromatic N) is 4. The second kappa shape index (κ2) is 6.95. The Morgan fingerprint density at radius 1 is 0.828 bits per heavy atom. The molecule has 0 aliphatic heterocycles. The van der Waals surface area contributed by atoms with E-state index in [0.29, 0.717) is 26.8 Å². The average Bonchev–Trinajstić information content (AvgIpc) is 3.22. The first kappa shape index (κ1) is 17.8. The van der Waals surface area contributed by atoms with E-state index in [1.807, 2.05) is 42.5 Å². The molecule has 0 aliphatic carbocycles. The number of carbonyl (C=O) groups excluding carboxylic acids is 1. The van der Waals surface area contributed by atoms with Gasteiger partial charge in [-0.1, -0.05) is 35.3 Å². The summed E-state index contributed by atoms with van der Waals surface area (Å²) in [5.41, 5.74) is 4.37. The van der Waals surface area contributed by atoms with Crippen LogP contribution in [-0.2, 0) is 0 Å². The van der Waals surface area contributed by atoms with Gasteiger partial charge in [-0.15, -0.1) is 5.10 Å². The van der Waals surface area contributed by atoms with Gasteiger partial charge >= 0.3 is 0 Å². The molecule has 29 heavy (non-hydrogen) atoms. The molecule has 0 atom stereocenters. The number of halogens is 2. The van der Waals surface area contributed by atoms with Crippen molar-refractivity contribution in [2.45, 2.75) is 0 Å². The summed E-state index contributed by atoms with van der Waals surface area (Å²) in [5, 5.41) is 14.0. The van der Waals surface area contributed by atoms with Crippen LogP contribution in [0, 0.1) is 0 Å². The minimum absolute atomic E-state index is 0.0857. The molecule has 0 spiro atoms. The predicted molar refractivity (Wildman–Crippen MR) is 114 cm³/mol. The molecule has 0 radical (unpaired) electrons. The van der Waals surface area contributed by atoms with Crippen LogP contribution in [-0.4, -0.2) is 25.8 Å². The van der Waals surface area contributed by atoms with Crippen LogP contribution < -0.4 is 0 Å². The van der Waals surface area contributed by atoms with E-state index in [-0.39, 0.29) is 5.78 Å². The summed E-state index contributed by atoms with van der Waals surface area (Å²) in [6.45, 7) is 0. The number of tetrazole rings is 1. The van der Waals surface area contributed by atoms with E-state index in [0.717, 1.165) is 22.0 Å². The van der Waals surface area contributed by atoms with Crippen LogP contribution in [0.2, 0.25) is 10.0 Å². The monoisotopic (exact) mass is 418 g/mol. The third-order valence-corrected chi connectivity index (χ3v) is 5.27. The summed E-state index contributed by atoms with van der Waals surface area (Å²) >= 11 is 12.2. The minimum atomic E-state index is -0.0857. The van der Waals surface area contributed by atoms with Gasteiger partial charge in [-0.3, -0.25) is 4.79 Å². The molecule has 140 valence electrons. The molecule has 7 heteroatoms. The SMILES string of the molecule is O=C(c1ccc(Cl)cc1)c1ccc2c(c1)c(-c1cccc(Cl)c1)cc1nnnn12. The number of aromatic nitrogens is 4. The van der Waals surface area contributed by atoms with Gasteiger partial charge in [0.05, 0.1) is 5.52 Å². The second-order valence-electron chi connectivity index (χ2n) is 6.59. The number of benzene rings is 3. The number of hydrogen-bond donors (Lipinski definition) is 0. The largest absolute Gasteiger partial charge is 0.289 e. The van der Waals surface area contributed by atoms with Crippen LogP contribution in [0.4, 0.5) is 0 Å². The number of rotatable bonds is 3. The second-order valence-corrected chi connectivity index (χ2v) is 7.46. The minimum Gasteiger partial charge on any atom is -0.289 e. The van der Waals surface area contributed by atoms with Crippen molar-refractivity contribution >= 4 is 45.5 Å². The van der Waals surface area contributed by atoms with Crippen molar-refractivity contribution in [3.05, 3.63) is 94.0 Å². The van der Waals surface area contributed by atoms with E-state index in [1.165, 1.54) is 0 Å². The number of ketones is 1. The maximum atomic E-state index is 13.0. The summed E-state index contributed by atoms with van der Waals surface area (Å²) < 4.78 is 1.65. The fourth-order valence-corrected chi connectivity index (χ4v) is 3.72. The van der Waals surface area contributed by atoms with E-state index in [4.69, 9.17) is 23.2 Å². The smallest absolute Gasteiger partial charge is 0.193 e. The summed E-state index contributed by atoms with van der Waals surface area (Å²) in [5.74, 6) is -0.0857. The van der Waals surface area contributed by atoms with Gasteiger partial charge in [-0.05, 0) is 82.2 Å². The fourth-order valence-electron chi connectivity index (χ4n) is 3.40. The molecule has 5 rings (SSSR count). The van der Waals surface area contributed by atoms with Crippen LogP contribution in [0.5, 0.6) is 0 Å². The first-order chi connectivity index (χ1) is 14.1. The lowest BCUT2D eigenvalue weighted by Crippen LogP contribution is -2.02. The van der Waals surface area contributed by atoms with Crippen molar-refractivity contribution in [3.8, 4) is 11.1 Å². The van der Waals surface area contributed by atoms with Crippen LogP contribution in [0.25, 0.3) is 27.7 Å². The Morgan fingerprint density at radius 2 is 1.62 bits per heavy atom. The molecule has 0 saturated carbocycles. The molecule has 0 fully saturated rings. The standard InChI is InChI=1S/C22H12Cl2N4O/c23-16-7-4-13(5-8-16)22(29)15-6-9-20-19(11-15)18(12-21-25-26-27-28(20)21)14-2-1-3-17(24)10-14/h1-12H. The molecule has 0 saturated heterocycles. The first-order valence-corrected chi connectivity index (χ1v) is 9.57. The molecule has 0 aliphatic rings. The molecule has 2 aromatic heterocycles. The Balaban J connectivity index is 1.75. The normalized spacial score (nSPS) is 11.2. The molecular weight excluding hydrogens is 407 g/mol. The highest BCUT2D eigenvalue weighted by Gasteiger charge is 2.15. The highest BCUT2D eigenvalue weighted by atomic mass is 35.5. The lowest BCUT2D eigenvalue weighted by Gasteiger charge is -2.10.